The Morgan fingerprint density at radius 2 is 2.30 bits per heavy atom. The minimum Gasteiger partial charge on any atom is -0.290 e. The molecule has 5 nitrogen and oxygen atoms in total. The van der Waals surface area contributed by atoms with Gasteiger partial charge in [-0.1, -0.05) is 0 Å². The summed E-state index contributed by atoms with van der Waals surface area (Å²) in [5.41, 5.74) is 1.95. The van der Waals surface area contributed by atoms with E-state index in [-0.39, 0.29) is 6.04 Å². The van der Waals surface area contributed by atoms with Crippen molar-refractivity contribution in [2.45, 2.75) is 19.9 Å². The van der Waals surface area contributed by atoms with Gasteiger partial charge in [0.25, 0.3) is 0 Å². The first kappa shape index (κ1) is 13.1. The summed E-state index contributed by atoms with van der Waals surface area (Å²) in [6.07, 6.45) is 3.52. The molecule has 102 valence electrons. The number of nitrogens with one attached hydrogen (secondary N) is 1. The average molecular weight is 303 g/mol. The predicted molar refractivity (Wildman–Crippen MR) is 81.3 cm³/mol. The van der Waals surface area contributed by atoms with Crippen LogP contribution in [0, 0.1) is 11.7 Å². The van der Waals surface area contributed by atoms with Crippen LogP contribution in [0.1, 0.15) is 23.7 Å². The molecule has 0 bridgehead atoms. The molecule has 0 fully saturated rings. The second-order valence-corrected chi connectivity index (χ2v) is 5.74. The number of aromatic amines is 1. The van der Waals surface area contributed by atoms with Crippen LogP contribution in [-0.4, -0.2) is 24.7 Å². The fraction of sp³-hybridized carbons (Fsp3) is 0.231. The average Bonchev–Trinajstić information content (AvgIpc) is 3.05. The predicted octanol–water partition coefficient (Wildman–Crippen LogP) is 3.38. The molecule has 3 heterocycles. The van der Waals surface area contributed by atoms with Gasteiger partial charge in [0.1, 0.15) is 5.01 Å². The summed E-state index contributed by atoms with van der Waals surface area (Å²) >= 11 is 6.99. The highest BCUT2D eigenvalue weighted by Crippen LogP contribution is 2.26. The summed E-state index contributed by atoms with van der Waals surface area (Å²) in [5.74, 6) is 0.781. The van der Waals surface area contributed by atoms with Gasteiger partial charge in [-0.15, -0.1) is 11.3 Å². The third kappa shape index (κ3) is 2.30. The molecule has 3 aromatic rings. The smallest absolute Gasteiger partial charge is 0.196 e. The maximum absolute atomic E-state index is 5.36. The summed E-state index contributed by atoms with van der Waals surface area (Å²) < 4.78 is 2.56. The number of rotatable bonds is 3. The number of aromatic nitrogens is 5. The highest BCUT2D eigenvalue weighted by molar-refractivity contribution is 7.71. The van der Waals surface area contributed by atoms with Gasteiger partial charge in [-0.05, 0) is 38.2 Å². The van der Waals surface area contributed by atoms with Crippen LogP contribution in [0.5, 0.6) is 0 Å². The van der Waals surface area contributed by atoms with Gasteiger partial charge in [0.15, 0.2) is 10.6 Å². The number of thiazole rings is 1. The van der Waals surface area contributed by atoms with E-state index < -0.39 is 0 Å². The van der Waals surface area contributed by atoms with Crippen molar-refractivity contribution in [3.63, 3.8) is 0 Å². The molecule has 0 radical (unpaired) electrons. The van der Waals surface area contributed by atoms with E-state index >= 15 is 0 Å². The summed E-state index contributed by atoms with van der Waals surface area (Å²) in [6, 6.07) is 3.89. The van der Waals surface area contributed by atoms with Crippen LogP contribution in [0.2, 0.25) is 0 Å². The van der Waals surface area contributed by atoms with E-state index in [2.05, 4.69) is 27.1 Å². The first-order chi connectivity index (χ1) is 9.66. The zero-order valence-corrected chi connectivity index (χ0v) is 12.7. The van der Waals surface area contributed by atoms with Gasteiger partial charge in [-0.2, -0.15) is 5.10 Å². The topological polar surface area (TPSA) is 59.4 Å². The number of H-pyrrole nitrogens is 1. The largest absolute Gasteiger partial charge is 0.290 e. The lowest BCUT2D eigenvalue weighted by molar-refractivity contribution is 0.629. The SMILES string of the molecule is Cc1csc(C(C)n2c(-c3cccnc3)n[nH]c2=S)n1. The Morgan fingerprint density at radius 1 is 1.45 bits per heavy atom. The Bertz CT molecular complexity index is 771. The number of pyridine rings is 1. The Balaban J connectivity index is 2.10. The van der Waals surface area contributed by atoms with Gasteiger partial charge in [-0.3, -0.25) is 14.6 Å². The van der Waals surface area contributed by atoms with Gasteiger partial charge >= 0.3 is 0 Å². The van der Waals surface area contributed by atoms with Crippen molar-refractivity contribution in [2.75, 3.05) is 0 Å². The molecule has 0 aliphatic rings. The van der Waals surface area contributed by atoms with Crippen LogP contribution in [-0.2, 0) is 0 Å². The van der Waals surface area contributed by atoms with Crippen LogP contribution in [0.15, 0.2) is 29.9 Å². The summed E-state index contributed by atoms with van der Waals surface area (Å²) in [6.45, 7) is 4.06. The third-order valence-corrected chi connectivity index (χ3v) is 4.43. The van der Waals surface area contributed by atoms with E-state index in [0.717, 1.165) is 22.1 Å². The molecular weight excluding hydrogens is 290 g/mol. The Kier molecular flexibility index (Phi) is 3.45. The minimum atomic E-state index is 0.0372. The molecule has 1 N–H and O–H groups in total. The molecule has 0 amide bonds. The van der Waals surface area contributed by atoms with Crippen molar-refractivity contribution in [1.29, 1.82) is 0 Å². The fourth-order valence-corrected chi connectivity index (χ4v) is 3.17. The van der Waals surface area contributed by atoms with E-state index in [0.29, 0.717) is 4.77 Å². The van der Waals surface area contributed by atoms with E-state index in [4.69, 9.17) is 12.2 Å². The first-order valence-corrected chi connectivity index (χ1v) is 7.45. The van der Waals surface area contributed by atoms with Crippen molar-refractivity contribution in [3.8, 4) is 11.4 Å². The Hall–Kier alpha value is -1.86. The molecule has 0 aliphatic heterocycles. The second-order valence-electron chi connectivity index (χ2n) is 4.47. The molecule has 0 saturated heterocycles. The molecular formula is C13H13N5S2. The fourth-order valence-electron chi connectivity index (χ4n) is 2.04. The standard InChI is InChI=1S/C13H13N5S2/c1-8-7-20-12(15-8)9(2)18-11(16-17-13(18)19)10-4-3-5-14-6-10/h3-7,9H,1-2H3,(H,17,19). The maximum Gasteiger partial charge on any atom is 0.196 e. The van der Waals surface area contributed by atoms with Gasteiger partial charge in [-0.25, -0.2) is 4.98 Å². The monoisotopic (exact) mass is 303 g/mol. The lowest BCUT2D eigenvalue weighted by Crippen LogP contribution is -2.08. The van der Waals surface area contributed by atoms with Gasteiger partial charge < -0.3 is 0 Å². The highest BCUT2D eigenvalue weighted by Gasteiger charge is 2.18. The van der Waals surface area contributed by atoms with Gasteiger partial charge in [0.05, 0.1) is 6.04 Å². The van der Waals surface area contributed by atoms with Crippen molar-refractivity contribution >= 4 is 23.6 Å². The zero-order chi connectivity index (χ0) is 14.1. The molecule has 0 spiro atoms. The molecule has 0 aromatic carbocycles. The molecule has 1 unspecified atom stereocenters. The molecule has 0 aliphatic carbocycles. The van der Waals surface area contributed by atoms with E-state index in [9.17, 15) is 0 Å². The number of hydrogen-bond acceptors (Lipinski definition) is 5. The lowest BCUT2D eigenvalue weighted by atomic mass is 10.2. The summed E-state index contributed by atoms with van der Waals surface area (Å²) in [4.78, 5) is 8.67. The van der Waals surface area contributed by atoms with Gasteiger partial charge in [0, 0.05) is 29.0 Å². The minimum absolute atomic E-state index is 0.0372. The Labute approximate surface area is 125 Å². The van der Waals surface area contributed by atoms with Crippen LogP contribution >= 0.6 is 23.6 Å². The van der Waals surface area contributed by atoms with Crippen molar-refractivity contribution < 1.29 is 0 Å². The lowest BCUT2D eigenvalue weighted by Gasteiger charge is -2.13. The molecule has 20 heavy (non-hydrogen) atoms. The number of nitrogens with zero attached hydrogens (tertiary/aromatic N) is 4. The Morgan fingerprint density at radius 3 is 2.95 bits per heavy atom. The van der Waals surface area contributed by atoms with E-state index in [1.807, 2.05) is 29.0 Å². The highest BCUT2D eigenvalue weighted by atomic mass is 32.1. The second kappa shape index (κ2) is 5.26. The normalized spacial score (nSPS) is 12.5. The quantitative estimate of drug-likeness (QED) is 0.754. The third-order valence-electron chi connectivity index (χ3n) is 3.01. The van der Waals surface area contributed by atoms with Crippen LogP contribution < -0.4 is 0 Å². The zero-order valence-electron chi connectivity index (χ0n) is 11.1. The molecule has 0 saturated carbocycles. The van der Waals surface area contributed by atoms with Crippen molar-refractivity contribution in [2.24, 2.45) is 0 Å². The summed E-state index contributed by atoms with van der Waals surface area (Å²) in [7, 11) is 0. The van der Waals surface area contributed by atoms with E-state index in [1.54, 1.807) is 23.7 Å². The van der Waals surface area contributed by atoms with Crippen LogP contribution in [0.25, 0.3) is 11.4 Å². The molecule has 3 aromatic heterocycles. The molecule has 1 atom stereocenters. The number of aryl methyl sites for hydroxylation is 1. The van der Waals surface area contributed by atoms with Crippen LogP contribution in [0.4, 0.5) is 0 Å². The van der Waals surface area contributed by atoms with Gasteiger partial charge in [0.2, 0.25) is 0 Å². The summed E-state index contributed by atoms with van der Waals surface area (Å²) in [5, 5.41) is 10.2. The van der Waals surface area contributed by atoms with Crippen molar-refractivity contribution in [3.05, 3.63) is 45.4 Å². The maximum atomic E-state index is 5.36. The van der Waals surface area contributed by atoms with Crippen molar-refractivity contribution in [1.82, 2.24) is 24.7 Å². The first-order valence-electron chi connectivity index (χ1n) is 6.16. The van der Waals surface area contributed by atoms with Crippen LogP contribution in [0.3, 0.4) is 0 Å². The number of hydrogen-bond donors (Lipinski definition) is 1. The molecule has 3 rings (SSSR count). The molecule has 7 heteroatoms. The van der Waals surface area contributed by atoms with E-state index in [1.165, 1.54) is 0 Å².